The Bertz CT molecular complexity index is 712. The smallest absolute Gasteiger partial charge is 0.270 e. The molecule has 0 unspecified atom stereocenters. The van der Waals surface area contributed by atoms with E-state index in [1.165, 1.54) is 0 Å². The van der Waals surface area contributed by atoms with Gasteiger partial charge in [-0.2, -0.15) is 0 Å². The van der Waals surface area contributed by atoms with Gasteiger partial charge in [0.15, 0.2) is 0 Å². The van der Waals surface area contributed by atoms with Crippen molar-refractivity contribution in [3.05, 3.63) is 52.3 Å². The van der Waals surface area contributed by atoms with E-state index in [1.807, 2.05) is 31.2 Å². The summed E-state index contributed by atoms with van der Waals surface area (Å²) in [6, 6.07) is 9.38. The minimum absolute atomic E-state index is 0.168. The third kappa shape index (κ3) is 5.99. The molecule has 0 saturated heterocycles. The maximum atomic E-state index is 12.5. The molecule has 2 rings (SSSR count). The molecule has 0 bridgehead atoms. The fraction of sp³-hybridized carbons (Fsp3) is 0.450. The Morgan fingerprint density at radius 1 is 1.12 bits per heavy atom. The maximum Gasteiger partial charge on any atom is 0.270 e. The lowest BCUT2D eigenvalue weighted by Crippen LogP contribution is -2.30. The molecule has 0 aliphatic carbocycles. The Hall–Kier alpha value is -2.14. The number of aromatic nitrogens is 2. The van der Waals surface area contributed by atoms with Crippen molar-refractivity contribution >= 4 is 23.5 Å². The first kappa shape index (κ1) is 20.2. The number of hydrogen-bond acceptors (Lipinski definition) is 4. The van der Waals surface area contributed by atoms with E-state index in [-0.39, 0.29) is 5.91 Å². The van der Waals surface area contributed by atoms with Crippen LogP contribution in [0.25, 0.3) is 0 Å². The van der Waals surface area contributed by atoms with Gasteiger partial charge in [-0.25, -0.2) is 9.97 Å². The number of halogens is 1. The monoisotopic (exact) mass is 374 g/mol. The third-order valence-corrected chi connectivity index (χ3v) is 4.21. The molecule has 0 saturated carbocycles. The van der Waals surface area contributed by atoms with E-state index in [4.69, 9.17) is 11.6 Å². The van der Waals surface area contributed by atoms with E-state index in [0.717, 1.165) is 43.6 Å². The number of hydrogen-bond donors (Lipinski definition) is 1. The molecular weight excluding hydrogens is 348 g/mol. The van der Waals surface area contributed by atoms with Crippen LogP contribution < -0.4 is 10.2 Å². The van der Waals surface area contributed by atoms with Gasteiger partial charge >= 0.3 is 0 Å². The predicted octanol–water partition coefficient (Wildman–Crippen LogP) is 4.04. The Balaban J connectivity index is 2.02. The minimum atomic E-state index is -0.168. The standard InChI is InChI=1S/C20H27ClN4O/c1-4-12-25(13-5-2)20-23-15(3)14-18(24-20)19(26)22-11-10-16-6-8-17(21)9-7-16/h6-9,14H,4-5,10-13H2,1-3H3,(H,22,26). The second kappa shape index (κ2) is 10.1. The molecule has 1 aromatic carbocycles. The fourth-order valence-electron chi connectivity index (χ4n) is 2.72. The van der Waals surface area contributed by atoms with Crippen molar-refractivity contribution in [1.29, 1.82) is 0 Å². The van der Waals surface area contributed by atoms with Gasteiger partial charge in [0.2, 0.25) is 5.95 Å². The summed E-state index contributed by atoms with van der Waals surface area (Å²) in [4.78, 5) is 23.6. The summed E-state index contributed by atoms with van der Waals surface area (Å²) in [7, 11) is 0. The third-order valence-electron chi connectivity index (χ3n) is 3.96. The van der Waals surface area contributed by atoms with Crippen LogP contribution >= 0.6 is 11.6 Å². The lowest BCUT2D eigenvalue weighted by molar-refractivity contribution is 0.0949. The van der Waals surface area contributed by atoms with E-state index in [1.54, 1.807) is 6.07 Å². The normalized spacial score (nSPS) is 10.6. The first-order chi connectivity index (χ1) is 12.5. The van der Waals surface area contributed by atoms with Crippen LogP contribution in [0, 0.1) is 6.92 Å². The highest BCUT2D eigenvalue weighted by Crippen LogP contribution is 2.12. The van der Waals surface area contributed by atoms with Crippen LogP contribution in [0.2, 0.25) is 5.02 Å². The van der Waals surface area contributed by atoms with Gasteiger partial charge in [-0.05, 0) is 49.9 Å². The van der Waals surface area contributed by atoms with E-state index < -0.39 is 0 Å². The molecule has 1 heterocycles. The number of anilines is 1. The number of rotatable bonds is 9. The van der Waals surface area contributed by atoms with Gasteiger partial charge in [-0.15, -0.1) is 0 Å². The maximum absolute atomic E-state index is 12.5. The highest BCUT2D eigenvalue weighted by atomic mass is 35.5. The second-order valence-electron chi connectivity index (χ2n) is 6.31. The van der Waals surface area contributed by atoms with Crippen LogP contribution in [-0.4, -0.2) is 35.5 Å². The number of carbonyl (C=O) groups excluding carboxylic acids is 1. The van der Waals surface area contributed by atoms with Crippen molar-refractivity contribution in [3.8, 4) is 0 Å². The molecule has 26 heavy (non-hydrogen) atoms. The van der Waals surface area contributed by atoms with Crippen LogP contribution in [-0.2, 0) is 6.42 Å². The first-order valence-electron chi connectivity index (χ1n) is 9.16. The lowest BCUT2D eigenvalue weighted by atomic mass is 10.1. The molecule has 140 valence electrons. The summed E-state index contributed by atoms with van der Waals surface area (Å²) < 4.78 is 0. The molecule has 2 aromatic rings. The summed E-state index contributed by atoms with van der Waals surface area (Å²) in [6.07, 6.45) is 2.78. The van der Waals surface area contributed by atoms with E-state index >= 15 is 0 Å². The van der Waals surface area contributed by atoms with Gasteiger partial charge in [0.25, 0.3) is 5.91 Å². The quantitative estimate of drug-likeness (QED) is 0.719. The largest absolute Gasteiger partial charge is 0.350 e. The number of aryl methyl sites for hydroxylation is 1. The van der Waals surface area contributed by atoms with E-state index in [9.17, 15) is 4.79 Å². The second-order valence-corrected chi connectivity index (χ2v) is 6.75. The molecule has 0 fully saturated rings. The zero-order chi connectivity index (χ0) is 18.9. The van der Waals surface area contributed by atoms with Crippen molar-refractivity contribution in [2.45, 2.75) is 40.0 Å². The molecule has 0 aliphatic heterocycles. The predicted molar refractivity (Wildman–Crippen MR) is 107 cm³/mol. The van der Waals surface area contributed by atoms with Crippen LogP contribution in [0.4, 0.5) is 5.95 Å². The molecule has 6 heteroatoms. The molecule has 5 nitrogen and oxygen atoms in total. The average molecular weight is 375 g/mol. The zero-order valence-corrected chi connectivity index (χ0v) is 16.5. The van der Waals surface area contributed by atoms with Gasteiger partial charge in [0.1, 0.15) is 5.69 Å². The van der Waals surface area contributed by atoms with Crippen LogP contribution in [0.5, 0.6) is 0 Å². The number of amides is 1. The number of carbonyl (C=O) groups is 1. The Morgan fingerprint density at radius 2 is 1.77 bits per heavy atom. The van der Waals surface area contributed by atoms with Crippen molar-refractivity contribution in [1.82, 2.24) is 15.3 Å². The zero-order valence-electron chi connectivity index (χ0n) is 15.8. The van der Waals surface area contributed by atoms with E-state index in [2.05, 4.69) is 34.0 Å². The molecule has 0 atom stereocenters. The Morgan fingerprint density at radius 3 is 2.38 bits per heavy atom. The molecule has 1 amide bonds. The van der Waals surface area contributed by atoms with Gasteiger partial charge in [-0.3, -0.25) is 4.79 Å². The fourth-order valence-corrected chi connectivity index (χ4v) is 2.85. The SMILES string of the molecule is CCCN(CCC)c1nc(C)cc(C(=O)NCCc2ccc(Cl)cc2)n1. The Labute approximate surface area is 160 Å². The molecule has 0 radical (unpaired) electrons. The summed E-state index contributed by atoms with van der Waals surface area (Å²) in [5.74, 6) is 0.468. The summed E-state index contributed by atoms with van der Waals surface area (Å²) in [6.45, 7) is 8.47. The lowest BCUT2D eigenvalue weighted by Gasteiger charge is -2.22. The van der Waals surface area contributed by atoms with Crippen molar-refractivity contribution < 1.29 is 4.79 Å². The summed E-state index contributed by atoms with van der Waals surface area (Å²) >= 11 is 5.89. The van der Waals surface area contributed by atoms with Gasteiger partial charge in [0, 0.05) is 30.4 Å². The number of nitrogens with zero attached hydrogens (tertiary/aromatic N) is 3. The highest BCUT2D eigenvalue weighted by molar-refractivity contribution is 6.30. The van der Waals surface area contributed by atoms with Gasteiger partial charge in [-0.1, -0.05) is 37.6 Å². The average Bonchev–Trinajstić information content (AvgIpc) is 2.62. The van der Waals surface area contributed by atoms with Crippen LogP contribution in [0.1, 0.15) is 48.4 Å². The van der Waals surface area contributed by atoms with E-state index in [0.29, 0.717) is 23.2 Å². The number of nitrogens with one attached hydrogen (secondary N) is 1. The topological polar surface area (TPSA) is 58.1 Å². The number of benzene rings is 1. The highest BCUT2D eigenvalue weighted by Gasteiger charge is 2.14. The van der Waals surface area contributed by atoms with Crippen LogP contribution in [0.3, 0.4) is 0 Å². The van der Waals surface area contributed by atoms with Crippen molar-refractivity contribution in [2.24, 2.45) is 0 Å². The molecular formula is C20H27ClN4O. The summed E-state index contributed by atoms with van der Waals surface area (Å²) in [5.41, 5.74) is 2.35. The molecule has 1 aromatic heterocycles. The molecule has 0 aliphatic rings. The minimum Gasteiger partial charge on any atom is -0.350 e. The van der Waals surface area contributed by atoms with Crippen molar-refractivity contribution in [3.63, 3.8) is 0 Å². The summed E-state index contributed by atoms with van der Waals surface area (Å²) in [5, 5.41) is 3.65. The first-order valence-corrected chi connectivity index (χ1v) is 9.54. The van der Waals surface area contributed by atoms with Crippen molar-refractivity contribution in [2.75, 3.05) is 24.5 Å². The van der Waals surface area contributed by atoms with Crippen LogP contribution in [0.15, 0.2) is 30.3 Å². The molecule has 0 spiro atoms. The van der Waals surface area contributed by atoms with Gasteiger partial charge in [0.05, 0.1) is 0 Å². The Kier molecular flexibility index (Phi) is 7.85. The molecule has 1 N–H and O–H groups in total. The van der Waals surface area contributed by atoms with Gasteiger partial charge < -0.3 is 10.2 Å².